The monoisotopic (exact) mass is 407 g/mol. The van der Waals surface area contributed by atoms with E-state index in [2.05, 4.69) is 10.3 Å². The molecule has 2 N–H and O–H groups in total. The van der Waals surface area contributed by atoms with Crippen molar-refractivity contribution >= 4 is 28.7 Å². The van der Waals surface area contributed by atoms with Crippen LogP contribution >= 0.6 is 0 Å². The lowest BCUT2D eigenvalue weighted by molar-refractivity contribution is -0.136. The molecule has 8 nitrogen and oxygen atoms in total. The molecule has 0 spiro atoms. The predicted molar refractivity (Wildman–Crippen MR) is 111 cm³/mol. The minimum Gasteiger partial charge on any atom is -0.466 e. The van der Waals surface area contributed by atoms with Gasteiger partial charge in [0.15, 0.2) is 5.58 Å². The molecule has 3 aromatic rings. The lowest BCUT2D eigenvalue weighted by Crippen LogP contribution is -2.31. The highest BCUT2D eigenvalue weighted by molar-refractivity contribution is 6.08. The zero-order chi connectivity index (χ0) is 21.3. The number of oxazole rings is 1. The second kappa shape index (κ2) is 8.00. The lowest BCUT2D eigenvalue weighted by atomic mass is 10.1. The molecule has 0 aliphatic carbocycles. The Kier molecular flexibility index (Phi) is 5.24. The number of methoxy groups -OCH3 is 1. The molecule has 0 atom stereocenters. The van der Waals surface area contributed by atoms with Crippen LogP contribution in [-0.2, 0) is 14.3 Å². The minimum absolute atomic E-state index is 0.0797. The van der Waals surface area contributed by atoms with Crippen molar-refractivity contribution in [1.29, 1.82) is 0 Å². The summed E-state index contributed by atoms with van der Waals surface area (Å²) in [6, 6.07) is 13.1. The van der Waals surface area contributed by atoms with Gasteiger partial charge in [-0.25, -0.2) is 9.78 Å². The van der Waals surface area contributed by atoms with E-state index in [-0.39, 0.29) is 36.9 Å². The topological polar surface area (TPSA) is 105 Å². The molecule has 2 aromatic carbocycles. The van der Waals surface area contributed by atoms with E-state index in [1.807, 2.05) is 31.2 Å². The molecule has 1 amide bonds. The van der Waals surface area contributed by atoms with Crippen molar-refractivity contribution in [1.82, 2.24) is 9.88 Å². The number of aromatic nitrogens is 1. The number of benzene rings is 2. The van der Waals surface area contributed by atoms with Crippen molar-refractivity contribution in [2.75, 3.05) is 32.1 Å². The van der Waals surface area contributed by atoms with E-state index < -0.39 is 5.97 Å². The Morgan fingerprint density at radius 3 is 2.83 bits per heavy atom. The maximum atomic E-state index is 12.7. The van der Waals surface area contributed by atoms with Crippen molar-refractivity contribution in [3.05, 3.63) is 59.3 Å². The van der Waals surface area contributed by atoms with Crippen LogP contribution in [0.25, 0.3) is 22.6 Å². The number of carbonyl (C=O) groups is 2. The number of β-amino-alcohol motifs (C(OH)–C–C–N with tert-alkyl or cyclic N) is 1. The molecule has 2 heterocycles. The van der Waals surface area contributed by atoms with Gasteiger partial charge in [0.25, 0.3) is 5.91 Å². The quantitative estimate of drug-likeness (QED) is 0.605. The number of amides is 1. The first-order valence-electron chi connectivity index (χ1n) is 9.47. The molecule has 154 valence electrons. The lowest BCUT2D eigenvalue weighted by Gasteiger charge is -2.14. The van der Waals surface area contributed by atoms with E-state index >= 15 is 0 Å². The molecule has 0 bridgehead atoms. The summed E-state index contributed by atoms with van der Waals surface area (Å²) >= 11 is 0. The summed E-state index contributed by atoms with van der Waals surface area (Å²) in [6.07, 6.45) is 0. The molecule has 1 aliphatic rings. The Labute approximate surface area is 172 Å². The van der Waals surface area contributed by atoms with E-state index in [0.717, 1.165) is 11.1 Å². The molecule has 0 fully saturated rings. The number of hydrogen-bond donors (Lipinski definition) is 2. The number of hydrogen-bond acceptors (Lipinski definition) is 7. The fourth-order valence-electron chi connectivity index (χ4n) is 3.42. The van der Waals surface area contributed by atoms with E-state index in [4.69, 9.17) is 14.3 Å². The van der Waals surface area contributed by atoms with Crippen LogP contribution in [0.1, 0.15) is 5.56 Å². The van der Waals surface area contributed by atoms with Gasteiger partial charge in [0, 0.05) is 23.9 Å². The molecule has 0 saturated heterocycles. The highest BCUT2D eigenvalue weighted by Gasteiger charge is 2.34. The molecular formula is C22H21N3O5. The maximum absolute atomic E-state index is 12.7. The molecule has 1 aromatic heterocycles. The van der Waals surface area contributed by atoms with Gasteiger partial charge >= 0.3 is 5.97 Å². The van der Waals surface area contributed by atoms with Crippen LogP contribution in [0.15, 0.2) is 58.2 Å². The van der Waals surface area contributed by atoms with Crippen molar-refractivity contribution in [3.63, 3.8) is 0 Å². The van der Waals surface area contributed by atoms with Gasteiger partial charge in [-0.05, 0) is 30.7 Å². The highest BCUT2D eigenvalue weighted by Crippen LogP contribution is 2.29. The van der Waals surface area contributed by atoms with Crippen molar-refractivity contribution < 1.29 is 23.8 Å². The predicted octanol–water partition coefficient (Wildman–Crippen LogP) is 2.48. The Bertz CT molecular complexity index is 1160. The first kappa shape index (κ1) is 19.7. The summed E-state index contributed by atoms with van der Waals surface area (Å²) in [6.45, 7) is 2.00. The van der Waals surface area contributed by atoms with Crippen LogP contribution in [0.2, 0.25) is 0 Å². The van der Waals surface area contributed by atoms with Crippen LogP contribution in [0.5, 0.6) is 0 Å². The highest BCUT2D eigenvalue weighted by atomic mass is 16.5. The molecule has 8 heteroatoms. The number of rotatable bonds is 6. The number of esters is 1. The minimum atomic E-state index is -0.589. The molecule has 0 saturated carbocycles. The number of anilines is 1. The number of fused-ring (bicyclic) bond motifs is 1. The number of aliphatic hydroxyl groups is 1. The van der Waals surface area contributed by atoms with Gasteiger partial charge in [-0.15, -0.1) is 0 Å². The molecule has 1 aliphatic heterocycles. The molecule has 4 rings (SSSR count). The fourth-order valence-corrected chi connectivity index (χ4v) is 3.42. The number of nitrogens with one attached hydrogen (secondary N) is 1. The van der Waals surface area contributed by atoms with Gasteiger partial charge in [-0.1, -0.05) is 18.2 Å². The molecule has 0 unspecified atom stereocenters. The normalized spacial score (nSPS) is 14.0. The summed E-state index contributed by atoms with van der Waals surface area (Å²) in [4.78, 5) is 30.7. The van der Waals surface area contributed by atoms with Crippen LogP contribution < -0.4 is 5.32 Å². The van der Waals surface area contributed by atoms with E-state index in [1.54, 1.807) is 18.2 Å². The third-order valence-electron chi connectivity index (χ3n) is 4.99. The van der Waals surface area contributed by atoms with Gasteiger partial charge < -0.3 is 24.5 Å². The van der Waals surface area contributed by atoms with Crippen LogP contribution in [0.3, 0.4) is 0 Å². The largest absolute Gasteiger partial charge is 0.466 e. The van der Waals surface area contributed by atoms with Gasteiger partial charge in [-0.3, -0.25) is 4.79 Å². The Balaban J connectivity index is 1.67. The second-order valence-corrected chi connectivity index (χ2v) is 6.94. The Morgan fingerprint density at radius 1 is 1.30 bits per heavy atom. The number of carbonyl (C=O) groups excluding carboxylic acids is 2. The summed E-state index contributed by atoms with van der Waals surface area (Å²) in [7, 11) is 1.26. The van der Waals surface area contributed by atoms with Gasteiger partial charge in [0.05, 0.1) is 25.8 Å². The number of aliphatic hydroxyl groups excluding tert-OH is 1. The zero-order valence-corrected chi connectivity index (χ0v) is 16.6. The summed E-state index contributed by atoms with van der Waals surface area (Å²) < 4.78 is 10.7. The molecule has 0 radical (unpaired) electrons. The number of aryl methyl sites for hydroxylation is 1. The third-order valence-corrected chi connectivity index (χ3v) is 4.99. The van der Waals surface area contributed by atoms with Gasteiger partial charge in [0.2, 0.25) is 5.89 Å². The van der Waals surface area contributed by atoms with E-state index in [1.165, 1.54) is 12.0 Å². The van der Waals surface area contributed by atoms with Crippen LogP contribution in [0.4, 0.5) is 5.69 Å². The maximum Gasteiger partial charge on any atom is 0.337 e. The average Bonchev–Trinajstić information content (AvgIpc) is 3.30. The SMILES string of the molecule is COC(=O)C1=C(Nc2ccc3nc(-c4ccccc4C)oc3c2)C(=O)N(CCO)C1. The molecule has 30 heavy (non-hydrogen) atoms. The van der Waals surface area contributed by atoms with Crippen molar-refractivity contribution in [2.45, 2.75) is 6.92 Å². The zero-order valence-electron chi connectivity index (χ0n) is 16.6. The number of ether oxygens (including phenoxy) is 1. The Hall–Kier alpha value is -3.65. The van der Waals surface area contributed by atoms with Gasteiger partial charge in [0.1, 0.15) is 11.2 Å². The second-order valence-electron chi connectivity index (χ2n) is 6.94. The average molecular weight is 407 g/mol. The van der Waals surface area contributed by atoms with Crippen LogP contribution in [-0.4, -0.2) is 53.7 Å². The molecular weight excluding hydrogens is 386 g/mol. The summed E-state index contributed by atoms with van der Waals surface area (Å²) in [5, 5.41) is 12.2. The fraction of sp³-hybridized carbons (Fsp3) is 0.227. The number of nitrogens with zero attached hydrogens (tertiary/aromatic N) is 2. The first-order valence-corrected chi connectivity index (χ1v) is 9.47. The van der Waals surface area contributed by atoms with Gasteiger partial charge in [-0.2, -0.15) is 0 Å². The van der Waals surface area contributed by atoms with Crippen molar-refractivity contribution in [3.8, 4) is 11.5 Å². The van der Waals surface area contributed by atoms with E-state index in [0.29, 0.717) is 22.7 Å². The first-order chi connectivity index (χ1) is 14.5. The third kappa shape index (κ3) is 3.53. The smallest absolute Gasteiger partial charge is 0.337 e. The van der Waals surface area contributed by atoms with Crippen molar-refractivity contribution in [2.24, 2.45) is 0 Å². The Morgan fingerprint density at radius 2 is 2.10 bits per heavy atom. The summed E-state index contributed by atoms with van der Waals surface area (Å²) in [5.74, 6) is -0.447. The standard InChI is InChI=1S/C22H21N3O5/c1-13-5-3-4-6-15(13)20-24-17-8-7-14(11-18(17)30-20)23-19-16(22(28)29-2)12-25(9-10-26)21(19)27/h3-8,11,23,26H,9-10,12H2,1-2H3. The summed E-state index contributed by atoms with van der Waals surface area (Å²) in [5.41, 5.74) is 4.12. The van der Waals surface area contributed by atoms with Crippen LogP contribution in [0, 0.1) is 6.92 Å². The van der Waals surface area contributed by atoms with E-state index in [9.17, 15) is 9.59 Å².